The molecule has 3 N–H and O–H groups in total. The highest BCUT2D eigenvalue weighted by Crippen LogP contribution is 2.02. The van der Waals surface area contributed by atoms with E-state index in [-0.39, 0.29) is 12.1 Å². The minimum atomic E-state index is -0.311. The van der Waals surface area contributed by atoms with Gasteiger partial charge in [-0.15, -0.1) is 0 Å². The van der Waals surface area contributed by atoms with Gasteiger partial charge in [0.2, 0.25) is 0 Å². The molecule has 92 valence electrons. The van der Waals surface area contributed by atoms with E-state index in [1.807, 2.05) is 30.3 Å². The molecule has 1 amide bonds. The number of hydrogen-bond acceptors (Lipinski definition) is 2. The van der Waals surface area contributed by atoms with E-state index in [0.29, 0.717) is 6.61 Å². The summed E-state index contributed by atoms with van der Waals surface area (Å²) in [7, 11) is 0. The Morgan fingerprint density at radius 1 is 1.41 bits per heavy atom. The number of rotatable bonds is 3. The van der Waals surface area contributed by atoms with Gasteiger partial charge in [0.15, 0.2) is 0 Å². The van der Waals surface area contributed by atoms with Crippen molar-refractivity contribution < 1.29 is 14.8 Å². The summed E-state index contributed by atoms with van der Waals surface area (Å²) in [6.07, 6.45) is 1.90. The third-order valence-corrected chi connectivity index (χ3v) is 2.95. The van der Waals surface area contributed by atoms with Gasteiger partial charge in [-0.3, -0.25) is 0 Å². The molecule has 0 bridgehead atoms. The molecule has 1 atom stereocenters. The lowest BCUT2D eigenvalue weighted by Gasteiger charge is -2.20. The number of amides is 1. The van der Waals surface area contributed by atoms with E-state index in [1.54, 1.807) is 0 Å². The van der Waals surface area contributed by atoms with Crippen LogP contribution in [0.4, 0.5) is 4.79 Å². The summed E-state index contributed by atoms with van der Waals surface area (Å²) >= 11 is 0. The third kappa shape index (κ3) is 4.07. The zero-order valence-corrected chi connectivity index (χ0v) is 9.89. The highest BCUT2D eigenvalue weighted by atomic mass is 16.5. The SMILES string of the molecule is O=C(N[C@H]1CCC[NH2+]C1)OCc1ccccc1. The molecule has 4 heteroatoms. The smallest absolute Gasteiger partial charge is 0.407 e. The van der Waals surface area contributed by atoms with Gasteiger partial charge >= 0.3 is 6.09 Å². The quantitative estimate of drug-likeness (QED) is 0.807. The average Bonchev–Trinajstić information content (AvgIpc) is 2.39. The van der Waals surface area contributed by atoms with Gasteiger partial charge in [0.25, 0.3) is 0 Å². The van der Waals surface area contributed by atoms with Gasteiger partial charge in [0, 0.05) is 0 Å². The predicted octanol–water partition coefficient (Wildman–Crippen LogP) is 0.639. The lowest BCUT2D eigenvalue weighted by Crippen LogP contribution is -2.89. The summed E-state index contributed by atoms with van der Waals surface area (Å²) in [6, 6.07) is 9.97. The Morgan fingerprint density at radius 3 is 2.94 bits per heavy atom. The second-order valence-corrected chi connectivity index (χ2v) is 4.36. The number of carbonyl (C=O) groups is 1. The van der Waals surface area contributed by atoms with Gasteiger partial charge < -0.3 is 15.4 Å². The zero-order valence-electron chi connectivity index (χ0n) is 9.89. The first-order valence-corrected chi connectivity index (χ1v) is 6.13. The molecule has 1 fully saturated rings. The van der Waals surface area contributed by atoms with Crippen LogP contribution in [0.25, 0.3) is 0 Å². The maximum Gasteiger partial charge on any atom is 0.407 e. The van der Waals surface area contributed by atoms with Gasteiger partial charge in [-0.1, -0.05) is 30.3 Å². The van der Waals surface area contributed by atoms with Crippen molar-refractivity contribution >= 4 is 6.09 Å². The largest absolute Gasteiger partial charge is 0.445 e. The van der Waals surface area contributed by atoms with Crippen LogP contribution in [0.2, 0.25) is 0 Å². The van der Waals surface area contributed by atoms with Crippen molar-refractivity contribution in [1.29, 1.82) is 0 Å². The number of carbonyl (C=O) groups excluding carboxylic acids is 1. The molecule has 1 heterocycles. The summed E-state index contributed by atoms with van der Waals surface area (Å²) in [5, 5.41) is 5.12. The van der Waals surface area contributed by atoms with E-state index in [1.165, 1.54) is 0 Å². The van der Waals surface area contributed by atoms with Crippen molar-refractivity contribution in [3.05, 3.63) is 35.9 Å². The van der Waals surface area contributed by atoms with Crippen molar-refractivity contribution in [2.75, 3.05) is 13.1 Å². The molecular weight excluding hydrogens is 216 g/mol. The van der Waals surface area contributed by atoms with Gasteiger partial charge in [-0.25, -0.2) is 4.79 Å². The van der Waals surface area contributed by atoms with Crippen molar-refractivity contribution in [3.8, 4) is 0 Å². The van der Waals surface area contributed by atoms with Crippen molar-refractivity contribution in [2.24, 2.45) is 0 Å². The van der Waals surface area contributed by atoms with Crippen LogP contribution in [0.15, 0.2) is 30.3 Å². The molecule has 4 nitrogen and oxygen atoms in total. The van der Waals surface area contributed by atoms with Gasteiger partial charge in [-0.2, -0.15) is 0 Å². The van der Waals surface area contributed by atoms with E-state index in [9.17, 15) is 4.79 Å². The number of ether oxygens (including phenoxy) is 1. The number of piperidine rings is 1. The maximum absolute atomic E-state index is 11.5. The number of quaternary nitrogens is 1. The molecule has 17 heavy (non-hydrogen) atoms. The molecule has 1 saturated heterocycles. The number of nitrogens with one attached hydrogen (secondary N) is 1. The van der Waals surface area contributed by atoms with E-state index in [2.05, 4.69) is 10.6 Å². The average molecular weight is 235 g/mol. The number of benzene rings is 1. The Kier molecular flexibility index (Phi) is 4.38. The second kappa shape index (κ2) is 6.25. The summed E-state index contributed by atoms with van der Waals surface area (Å²) in [5.41, 5.74) is 1.01. The van der Waals surface area contributed by atoms with Crippen LogP contribution < -0.4 is 10.6 Å². The highest BCUT2D eigenvalue weighted by Gasteiger charge is 2.18. The molecule has 1 aliphatic rings. The lowest BCUT2D eigenvalue weighted by molar-refractivity contribution is -0.664. The first-order chi connectivity index (χ1) is 8.34. The molecule has 0 saturated carbocycles. The highest BCUT2D eigenvalue weighted by molar-refractivity contribution is 5.67. The molecule has 2 rings (SSSR count). The fourth-order valence-corrected chi connectivity index (χ4v) is 2.01. The van der Waals surface area contributed by atoms with Gasteiger partial charge in [0.1, 0.15) is 6.61 Å². The second-order valence-electron chi connectivity index (χ2n) is 4.36. The Bertz CT molecular complexity index is 348. The fourth-order valence-electron chi connectivity index (χ4n) is 2.01. The first kappa shape index (κ1) is 11.9. The predicted molar refractivity (Wildman–Crippen MR) is 64.4 cm³/mol. The topological polar surface area (TPSA) is 54.9 Å². The van der Waals surface area contributed by atoms with Crippen LogP contribution in [0.3, 0.4) is 0 Å². The van der Waals surface area contributed by atoms with Crippen LogP contribution in [0.1, 0.15) is 18.4 Å². The van der Waals surface area contributed by atoms with Gasteiger partial charge in [-0.05, 0) is 18.4 Å². The minimum Gasteiger partial charge on any atom is -0.445 e. The Labute approximate surface area is 101 Å². The van der Waals surface area contributed by atoms with E-state index in [4.69, 9.17) is 4.74 Å². The van der Waals surface area contributed by atoms with Crippen LogP contribution in [-0.2, 0) is 11.3 Å². The minimum absolute atomic E-state index is 0.257. The molecular formula is C13H19N2O2+. The van der Waals surface area contributed by atoms with Gasteiger partial charge in [0.05, 0.1) is 19.1 Å². The van der Waals surface area contributed by atoms with E-state index < -0.39 is 0 Å². The molecule has 0 unspecified atom stereocenters. The van der Waals surface area contributed by atoms with E-state index >= 15 is 0 Å². The van der Waals surface area contributed by atoms with Crippen LogP contribution in [0.5, 0.6) is 0 Å². The van der Waals surface area contributed by atoms with E-state index in [0.717, 1.165) is 31.5 Å². The zero-order chi connectivity index (χ0) is 11.9. The Balaban J connectivity index is 1.70. The molecule has 1 aromatic rings. The normalized spacial score (nSPS) is 19.6. The third-order valence-electron chi connectivity index (χ3n) is 2.95. The number of alkyl carbamates (subject to hydrolysis) is 1. The summed E-state index contributed by atoms with van der Waals surface area (Å²) in [4.78, 5) is 11.5. The molecule has 0 spiro atoms. The molecule has 1 aliphatic heterocycles. The molecule has 0 radical (unpaired) electrons. The van der Waals surface area contributed by atoms with Crippen molar-refractivity contribution in [3.63, 3.8) is 0 Å². The number of nitrogens with two attached hydrogens (primary N) is 1. The van der Waals surface area contributed by atoms with Crippen molar-refractivity contribution in [2.45, 2.75) is 25.5 Å². The molecule has 0 aromatic heterocycles. The fraction of sp³-hybridized carbons (Fsp3) is 0.462. The first-order valence-electron chi connectivity index (χ1n) is 6.13. The Hall–Kier alpha value is -1.55. The monoisotopic (exact) mass is 235 g/mol. The molecule has 0 aliphatic carbocycles. The van der Waals surface area contributed by atoms with Crippen LogP contribution in [0, 0.1) is 0 Å². The summed E-state index contributed by atoms with van der Waals surface area (Å²) in [6.45, 7) is 2.46. The summed E-state index contributed by atoms with van der Waals surface area (Å²) < 4.78 is 5.17. The standard InChI is InChI=1S/C13H18N2O2/c16-13(15-12-7-4-8-14-9-12)17-10-11-5-2-1-3-6-11/h1-3,5-6,12,14H,4,7-10H2,(H,15,16)/p+1/t12-/m0/s1. The number of hydrogen-bond donors (Lipinski definition) is 2. The summed E-state index contributed by atoms with van der Waals surface area (Å²) in [5.74, 6) is 0. The maximum atomic E-state index is 11.5. The lowest BCUT2D eigenvalue weighted by atomic mass is 10.1. The van der Waals surface area contributed by atoms with Crippen molar-refractivity contribution in [1.82, 2.24) is 5.32 Å². The Morgan fingerprint density at radius 2 is 2.24 bits per heavy atom. The van der Waals surface area contributed by atoms with Crippen LogP contribution >= 0.6 is 0 Å². The van der Waals surface area contributed by atoms with Crippen LogP contribution in [-0.4, -0.2) is 25.2 Å². The molecule has 1 aromatic carbocycles.